The number of rotatable bonds is 8. The summed E-state index contributed by atoms with van der Waals surface area (Å²) in [4.78, 5) is 4.11. The van der Waals surface area contributed by atoms with Crippen LogP contribution in [0.1, 0.15) is 5.56 Å². The monoisotopic (exact) mass is 329 g/mol. The van der Waals surface area contributed by atoms with Crippen molar-refractivity contribution < 1.29 is 14.6 Å². The first kappa shape index (κ1) is 17.8. The number of hydrogen-bond acceptors (Lipinski definition) is 4. The van der Waals surface area contributed by atoms with Crippen molar-refractivity contribution in [3.63, 3.8) is 0 Å². The SMILES string of the molecule is COc1ccc(NC(N)=NCC(O)COCc2ccccc2)cc1. The minimum atomic E-state index is -0.704. The number of ether oxygens (including phenoxy) is 2. The molecule has 0 heterocycles. The van der Waals surface area contributed by atoms with Gasteiger partial charge in [0.15, 0.2) is 5.96 Å². The number of aliphatic hydroxyl groups is 1. The van der Waals surface area contributed by atoms with Gasteiger partial charge in [-0.05, 0) is 29.8 Å². The Labute approximate surface area is 141 Å². The molecule has 0 aromatic heterocycles. The van der Waals surface area contributed by atoms with Crippen LogP contribution in [-0.2, 0) is 11.3 Å². The highest BCUT2D eigenvalue weighted by Gasteiger charge is 2.04. The van der Waals surface area contributed by atoms with Gasteiger partial charge in [0.25, 0.3) is 0 Å². The van der Waals surface area contributed by atoms with E-state index >= 15 is 0 Å². The Balaban J connectivity index is 1.70. The largest absolute Gasteiger partial charge is 0.497 e. The lowest BCUT2D eigenvalue weighted by atomic mass is 10.2. The number of anilines is 1. The standard InChI is InChI=1S/C18H23N3O3/c1-23-17-9-7-15(8-10-17)21-18(19)20-11-16(22)13-24-12-14-5-3-2-4-6-14/h2-10,16,22H,11-13H2,1H3,(H3,19,20,21). The third kappa shape index (κ3) is 6.28. The lowest BCUT2D eigenvalue weighted by Crippen LogP contribution is -2.26. The van der Waals surface area contributed by atoms with Gasteiger partial charge in [0.1, 0.15) is 5.75 Å². The van der Waals surface area contributed by atoms with Gasteiger partial charge < -0.3 is 25.6 Å². The number of benzene rings is 2. The third-order valence-electron chi connectivity index (χ3n) is 3.26. The van der Waals surface area contributed by atoms with Crippen LogP contribution in [0.4, 0.5) is 5.69 Å². The fourth-order valence-corrected chi connectivity index (χ4v) is 2.01. The molecule has 128 valence electrons. The van der Waals surface area contributed by atoms with Gasteiger partial charge in [-0.3, -0.25) is 4.99 Å². The molecule has 2 aromatic rings. The van der Waals surface area contributed by atoms with E-state index in [0.717, 1.165) is 17.0 Å². The van der Waals surface area contributed by atoms with Crippen LogP contribution in [0.25, 0.3) is 0 Å². The second-order valence-corrected chi connectivity index (χ2v) is 5.23. The predicted octanol–water partition coefficient (Wildman–Crippen LogP) is 2.00. The number of nitrogens with one attached hydrogen (secondary N) is 1. The summed E-state index contributed by atoms with van der Waals surface area (Å²) >= 11 is 0. The zero-order valence-corrected chi connectivity index (χ0v) is 13.7. The molecule has 0 saturated carbocycles. The van der Waals surface area contributed by atoms with E-state index in [0.29, 0.717) is 6.61 Å². The van der Waals surface area contributed by atoms with Gasteiger partial charge >= 0.3 is 0 Å². The quantitative estimate of drug-likeness (QED) is 0.509. The Morgan fingerprint density at radius 2 is 1.88 bits per heavy atom. The normalized spacial score (nSPS) is 12.7. The Bertz CT molecular complexity index is 630. The maximum Gasteiger partial charge on any atom is 0.193 e. The smallest absolute Gasteiger partial charge is 0.193 e. The predicted molar refractivity (Wildman–Crippen MR) is 95.2 cm³/mol. The summed E-state index contributed by atoms with van der Waals surface area (Å²) in [5, 5.41) is 12.8. The lowest BCUT2D eigenvalue weighted by molar-refractivity contribution is 0.0331. The zero-order valence-electron chi connectivity index (χ0n) is 13.7. The number of hydrogen-bond donors (Lipinski definition) is 3. The summed E-state index contributed by atoms with van der Waals surface area (Å²) in [6.45, 7) is 0.833. The lowest BCUT2D eigenvalue weighted by Gasteiger charge is -2.10. The number of nitrogens with two attached hydrogens (primary N) is 1. The van der Waals surface area contributed by atoms with E-state index < -0.39 is 6.10 Å². The minimum absolute atomic E-state index is 0.170. The first-order valence-corrected chi connectivity index (χ1v) is 7.68. The van der Waals surface area contributed by atoms with Gasteiger partial charge in [-0.2, -0.15) is 0 Å². The van der Waals surface area contributed by atoms with Crippen LogP contribution in [0.15, 0.2) is 59.6 Å². The fourth-order valence-electron chi connectivity index (χ4n) is 2.01. The molecule has 1 atom stereocenters. The van der Waals surface area contributed by atoms with Crippen molar-refractivity contribution in [2.75, 3.05) is 25.6 Å². The molecule has 4 N–H and O–H groups in total. The number of aliphatic imine (C=N–C) groups is 1. The fraction of sp³-hybridized carbons (Fsp3) is 0.278. The number of nitrogens with zero attached hydrogens (tertiary/aromatic N) is 1. The Kier molecular flexibility index (Phi) is 7.07. The van der Waals surface area contributed by atoms with Gasteiger partial charge in [-0.25, -0.2) is 0 Å². The van der Waals surface area contributed by atoms with Crippen molar-refractivity contribution in [2.45, 2.75) is 12.7 Å². The molecule has 0 radical (unpaired) electrons. The van der Waals surface area contributed by atoms with Crippen molar-refractivity contribution in [1.29, 1.82) is 0 Å². The van der Waals surface area contributed by atoms with E-state index in [2.05, 4.69) is 10.3 Å². The second kappa shape index (κ2) is 9.54. The van der Waals surface area contributed by atoms with Crippen LogP contribution in [0.2, 0.25) is 0 Å². The summed E-state index contributed by atoms with van der Waals surface area (Å²) in [5.74, 6) is 1.00. The van der Waals surface area contributed by atoms with Crippen molar-refractivity contribution >= 4 is 11.6 Å². The third-order valence-corrected chi connectivity index (χ3v) is 3.26. The van der Waals surface area contributed by atoms with Crippen molar-refractivity contribution in [1.82, 2.24) is 0 Å². The highest BCUT2D eigenvalue weighted by atomic mass is 16.5. The van der Waals surface area contributed by atoms with Gasteiger partial charge in [0.2, 0.25) is 0 Å². The van der Waals surface area contributed by atoms with Crippen molar-refractivity contribution in [3.8, 4) is 5.75 Å². The Morgan fingerprint density at radius 3 is 2.54 bits per heavy atom. The van der Waals surface area contributed by atoms with E-state index in [1.54, 1.807) is 7.11 Å². The number of methoxy groups -OCH3 is 1. The molecule has 6 nitrogen and oxygen atoms in total. The first-order valence-electron chi connectivity index (χ1n) is 7.68. The maximum absolute atomic E-state index is 9.88. The average molecular weight is 329 g/mol. The summed E-state index contributed by atoms with van der Waals surface area (Å²) < 4.78 is 10.5. The molecular weight excluding hydrogens is 306 g/mol. The molecule has 0 amide bonds. The Morgan fingerprint density at radius 1 is 1.17 bits per heavy atom. The van der Waals surface area contributed by atoms with E-state index in [9.17, 15) is 5.11 Å². The summed E-state index contributed by atoms with van der Waals surface area (Å²) in [5.41, 5.74) is 7.66. The van der Waals surface area contributed by atoms with Crippen molar-refractivity contribution in [3.05, 3.63) is 60.2 Å². The summed E-state index contributed by atoms with van der Waals surface area (Å²) in [6.07, 6.45) is -0.704. The molecule has 0 aliphatic carbocycles. The molecule has 0 aliphatic heterocycles. The Hall–Kier alpha value is -2.57. The second-order valence-electron chi connectivity index (χ2n) is 5.23. The molecule has 0 aliphatic rings. The van der Waals surface area contributed by atoms with Crippen LogP contribution in [0.5, 0.6) is 5.75 Å². The highest BCUT2D eigenvalue weighted by Crippen LogP contribution is 2.14. The van der Waals surface area contributed by atoms with E-state index in [-0.39, 0.29) is 19.1 Å². The van der Waals surface area contributed by atoms with E-state index in [1.807, 2.05) is 54.6 Å². The molecule has 24 heavy (non-hydrogen) atoms. The van der Waals surface area contributed by atoms with Gasteiger partial charge in [0, 0.05) is 5.69 Å². The minimum Gasteiger partial charge on any atom is -0.497 e. The van der Waals surface area contributed by atoms with Crippen LogP contribution in [0, 0.1) is 0 Å². The van der Waals surface area contributed by atoms with E-state index in [1.165, 1.54) is 0 Å². The summed E-state index contributed by atoms with van der Waals surface area (Å²) in [6, 6.07) is 17.1. The van der Waals surface area contributed by atoms with Crippen molar-refractivity contribution in [2.24, 2.45) is 10.7 Å². The molecule has 2 aromatic carbocycles. The molecule has 0 fully saturated rings. The molecule has 1 unspecified atom stereocenters. The van der Waals surface area contributed by atoms with E-state index in [4.69, 9.17) is 15.2 Å². The highest BCUT2D eigenvalue weighted by molar-refractivity contribution is 5.92. The zero-order chi connectivity index (χ0) is 17.2. The molecule has 0 spiro atoms. The molecule has 6 heteroatoms. The molecular formula is C18H23N3O3. The van der Waals surface area contributed by atoms with Crippen LogP contribution < -0.4 is 15.8 Å². The molecule has 0 bridgehead atoms. The topological polar surface area (TPSA) is 89.1 Å². The molecule has 2 rings (SSSR count). The van der Waals surface area contributed by atoms with Gasteiger partial charge in [-0.15, -0.1) is 0 Å². The van der Waals surface area contributed by atoms with Gasteiger partial charge in [0.05, 0.1) is 33.0 Å². The average Bonchev–Trinajstić information content (AvgIpc) is 2.61. The van der Waals surface area contributed by atoms with Crippen LogP contribution >= 0.6 is 0 Å². The van der Waals surface area contributed by atoms with Gasteiger partial charge in [-0.1, -0.05) is 30.3 Å². The van der Waals surface area contributed by atoms with Crippen LogP contribution in [0.3, 0.4) is 0 Å². The summed E-state index contributed by atoms with van der Waals surface area (Å²) in [7, 11) is 1.61. The first-order chi connectivity index (χ1) is 11.7. The number of guanidine groups is 1. The van der Waals surface area contributed by atoms with Crippen LogP contribution in [-0.4, -0.2) is 37.4 Å². The number of aliphatic hydroxyl groups excluding tert-OH is 1. The molecule has 0 saturated heterocycles. The maximum atomic E-state index is 9.88.